The molecule has 1 N–H and O–H groups in total. The molecule has 0 radical (unpaired) electrons. The minimum absolute atomic E-state index is 0.143. The van der Waals surface area contributed by atoms with Crippen molar-refractivity contribution >= 4 is 78.6 Å². The van der Waals surface area contributed by atoms with Crippen LogP contribution in [-0.4, -0.2) is 18.0 Å². The number of amidine groups is 2. The number of thiophene rings is 1. The van der Waals surface area contributed by atoms with Crippen molar-refractivity contribution in [2.75, 3.05) is 4.90 Å². The highest BCUT2D eigenvalue weighted by molar-refractivity contribution is 7.25. The lowest BCUT2D eigenvalue weighted by atomic mass is 9.95. The van der Waals surface area contributed by atoms with Crippen molar-refractivity contribution in [3.8, 4) is 16.9 Å². The molecular formula is C47H32N4OS. The Bertz CT molecular complexity index is 2730. The molecule has 0 atom stereocenters. The zero-order chi connectivity index (χ0) is 35.7. The molecule has 2 aliphatic heterocycles. The van der Waals surface area contributed by atoms with E-state index in [2.05, 4.69) is 84.3 Å². The quantitative estimate of drug-likeness (QED) is 0.147. The summed E-state index contributed by atoms with van der Waals surface area (Å²) in [6.45, 7) is 4.28. The number of nitrogens with zero attached hydrogens (tertiary/aromatic N) is 3. The van der Waals surface area contributed by atoms with Gasteiger partial charge in [-0.25, -0.2) is 9.98 Å². The van der Waals surface area contributed by atoms with Crippen LogP contribution in [0.5, 0.6) is 5.75 Å². The van der Waals surface area contributed by atoms with Crippen molar-refractivity contribution in [3.63, 3.8) is 0 Å². The summed E-state index contributed by atoms with van der Waals surface area (Å²) in [6, 6.07) is 45.1. The number of anilines is 2. The number of benzene rings is 6. The highest BCUT2D eigenvalue weighted by Crippen LogP contribution is 2.44. The maximum Gasteiger partial charge on any atom is 0.163 e. The van der Waals surface area contributed by atoms with Gasteiger partial charge in [-0.15, -0.1) is 11.3 Å². The van der Waals surface area contributed by atoms with Gasteiger partial charge in [-0.2, -0.15) is 0 Å². The van der Waals surface area contributed by atoms with Gasteiger partial charge in [0.25, 0.3) is 0 Å². The first-order valence-electron chi connectivity index (χ1n) is 17.3. The van der Waals surface area contributed by atoms with Crippen molar-refractivity contribution in [1.82, 2.24) is 0 Å². The van der Waals surface area contributed by atoms with Gasteiger partial charge in [0.05, 0.1) is 17.6 Å². The van der Waals surface area contributed by atoms with Crippen molar-refractivity contribution in [2.24, 2.45) is 9.98 Å². The molecule has 2 aliphatic rings. The van der Waals surface area contributed by atoms with Crippen molar-refractivity contribution in [1.29, 1.82) is 5.41 Å². The highest BCUT2D eigenvalue weighted by atomic mass is 32.1. The topological polar surface area (TPSA) is 61.0 Å². The monoisotopic (exact) mass is 700 g/mol. The van der Waals surface area contributed by atoms with Gasteiger partial charge in [-0.05, 0) is 53.1 Å². The number of rotatable bonds is 4. The Morgan fingerprint density at radius 3 is 2.23 bits per heavy atom. The van der Waals surface area contributed by atoms with Gasteiger partial charge in [0.15, 0.2) is 11.7 Å². The van der Waals surface area contributed by atoms with Crippen LogP contribution in [0.2, 0.25) is 0 Å². The molecular weight excluding hydrogens is 669 g/mol. The average Bonchev–Trinajstić information content (AvgIpc) is 3.49. The fourth-order valence-electron chi connectivity index (χ4n) is 6.82. The summed E-state index contributed by atoms with van der Waals surface area (Å²) in [6.07, 6.45) is 13.7. The lowest BCUT2D eigenvalue weighted by Crippen LogP contribution is -2.18. The zero-order valence-corrected chi connectivity index (χ0v) is 29.4. The molecule has 1 aromatic heterocycles. The van der Waals surface area contributed by atoms with Crippen LogP contribution in [0.15, 0.2) is 175 Å². The molecule has 7 aromatic rings. The van der Waals surface area contributed by atoms with E-state index in [4.69, 9.17) is 20.1 Å². The van der Waals surface area contributed by atoms with Crippen molar-refractivity contribution in [3.05, 3.63) is 192 Å². The van der Waals surface area contributed by atoms with E-state index in [0.29, 0.717) is 5.84 Å². The predicted octanol–water partition coefficient (Wildman–Crippen LogP) is 12.3. The number of nitrogens with one attached hydrogen (secondary N) is 1. The summed E-state index contributed by atoms with van der Waals surface area (Å²) in [5.74, 6) is 1.36. The first-order valence-corrected chi connectivity index (χ1v) is 18.1. The van der Waals surface area contributed by atoms with Gasteiger partial charge in [0.2, 0.25) is 0 Å². The molecule has 0 saturated heterocycles. The molecule has 0 bridgehead atoms. The number of hydrogen-bond donors (Lipinski definition) is 1. The summed E-state index contributed by atoms with van der Waals surface area (Å²) in [4.78, 5) is 12.0. The lowest BCUT2D eigenvalue weighted by Gasteiger charge is -2.23. The van der Waals surface area contributed by atoms with Crippen LogP contribution < -0.4 is 9.64 Å². The molecule has 0 saturated carbocycles. The minimum atomic E-state index is 0.143. The third kappa shape index (κ3) is 6.11. The van der Waals surface area contributed by atoms with E-state index in [9.17, 15) is 0 Å². The van der Waals surface area contributed by atoms with Crippen LogP contribution in [0.25, 0.3) is 49.0 Å². The maximum absolute atomic E-state index is 8.85. The van der Waals surface area contributed by atoms with Crippen molar-refractivity contribution in [2.45, 2.75) is 0 Å². The Balaban J connectivity index is 1.21. The van der Waals surface area contributed by atoms with Crippen LogP contribution in [0.4, 0.5) is 11.4 Å². The molecule has 6 aromatic carbocycles. The van der Waals surface area contributed by atoms with Crippen molar-refractivity contribution < 1.29 is 4.74 Å². The van der Waals surface area contributed by atoms with Gasteiger partial charge < -0.3 is 4.74 Å². The first kappa shape index (κ1) is 32.0. The first-order chi connectivity index (χ1) is 26.1. The highest BCUT2D eigenvalue weighted by Gasteiger charge is 2.22. The van der Waals surface area contributed by atoms with E-state index in [-0.39, 0.29) is 5.84 Å². The Kier molecular flexibility index (Phi) is 8.27. The summed E-state index contributed by atoms with van der Waals surface area (Å²) in [5.41, 5.74) is 9.44. The van der Waals surface area contributed by atoms with E-state index in [1.54, 1.807) is 17.6 Å². The third-order valence-corrected chi connectivity index (χ3v) is 10.6. The van der Waals surface area contributed by atoms with E-state index < -0.39 is 0 Å². The van der Waals surface area contributed by atoms with E-state index in [1.165, 1.54) is 20.2 Å². The summed E-state index contributed by atoms with van der Waals surface area (Å²) in [7, 11) is 0. The molecule has 0 spiro atoms. The largest absolute Gasteiger partial charge is 0.464 e. The summed E-state index contributed by atoms with van der Waals surface area (Å²) < 4.78 is 8.67. The second kappa shape index (κ2) is 13.7. The van der Waals surface area contributed by atoms with E-state index in [0.717, 1.165) is 61.6 Å². The Morgan fingerprint density at radius 1 is 0.660 bits per heavy atom. The standard InChI is InChI=1S/C47H32N4OS/c1-31-13-10-11-26-52-45-37(31)19-12-20-38(45)34-24-25-41-35(27-34)22-23-36-28-44-40(39-18-8-9-21-43(39)53-44)29-42(36)51(41)30-49-47(33-16-6-3-7-17-33)50-46(48)32-14-4-2-5-15-32/h2-30,48H,1H2/b13-10-,26-11-,48-46?,49-30+,50-47-. The number of aliphatic imine (C=N–C) groups is 2. The Morgan fingerprint density at radius 2 is 1.40 bits per heavy atom. The molecule has 252 valence electrons. The number of hydrogen-bond acceptors (Lipinski definition) is 3. The Labute approximate surface area is 311 Å². The van der Waals surface area contributed by atoms with Crippen LogP contribution in [0, 0.1) is 5.41 Å². The van der Waals surface area contributed by atoms with Crippen LogP contribution in [0.3, 0.4) is 0 Å². The number of allylic oxidation sites excluding steroid dienone is 4. The normalized spacial score (nSPS) is 14.9. The molecule has 9 rings (SSSR count). The van der Waals surface area contributed by atoms with Crippen LogP contribution in [-0.2, 0) is 0 Å². The van der Waals surface area contributed by atoms with E-state index in [1.807, 2.05) is 97.4 Å². The number of fused-ring (bicyclic) bond motifs is 6. The summed E-state index contributed by atoms with van der Waals surface area (Å²) >= 11 is 1.80. The van der Waals surface area contributed by atoms with Gasteiger partial charge in [-0.3, -0.25) is 10.3 Å². The molecule has 3 heterocycles. The maximum atomic E-state index is 8.85. The number of para-hydroxylation sites is 1. The average molecular weight is 701 g/mol. The SMILES string of the molecule is C=C1/C=C\C=C/Oc2c1cccc2-c1ccc2c(c1)C=Cc1cc3sc4ccccc4c3cc1N2/C=N/C(=N\C(=N)c1ccccc1)c1ccccc1. The fourth-order valence-corrected chi connectivity index (χ4v) is 7.96. The van der Waals surface area contributed by atoms with E-state index >= 15 is 0 Å². The van der Waals surface area contributed by atoms with Gasteiger partial charge in [-0.1, -0.05) is 134 Å². The van der Waals surface area contributed by atoms with Gasteiger partial charge in [0.1, 0.15) is 12.1 Å². The molecule has 5 nitrogen and oxygen atoms in total. The molecule has 0 amide bonds. The van der Waals surface area contributed by atoms with Gasteiger partial charge >= 0.3 is 0 Å². The predicted molar refractivity (Wildman–Crippen MR) is 225 cm³/mol. The molecule has 0 unspecified atom stereocenters. The molecule has 6 heteroatoms. The summed E-state index contributed by atoms with van der Waals surface area (Å²) in [5, 5.41) is 11.3. The minimum Gasteiger partial charge on any atom is -0.464 e. The smallest absolute Gasteiger partial charge is 0.163 e. The fraction of sp³-hybridized carbons (Fsp3) is 0. The third-order valence-electron chi connectivity index (χ3n) is 9.45. The molecule has 0 fully saturated rings. The van der Waals surface area contributed by atoms with Gasteiger partial charge in [0, 0.05) is 48.0 Å². The second-order valence-corrected chi connectivity index (χ2v) is 13.8. The second-order valence-electron chi connectivity index (χ2n) is 12.8. The Hall–Kier alpha value is -6.89. The molecule has 53 heavy (non-hydrogen) atoms. The number of ether oxygens (including phenoxy) is 1. The lowest BCUT2D eigenvalue weighted by molar-refractivity contribution is 0.481. The molecule has 0 aliphatic carbocycles. The zero-order valence-electron chi connectivity index (χ0n) is 28.6. The van der Waals surface area contributed by atoms with Crippen LogP contribution >= 0.6 is 11.3 Å². The van der Waals surface area contributed by atoms with Crippen LogP contribution in [0.1, 0.15) is 27.8 Å².